The number of hydrogen-bond acceptors (Lipinski definition) is 6. The maximum atomic E-state index is 12.4. The molecule has 0 aliphatic heterocycles. The molecule has 0 bridgehead atoms. The van der Waals surface area contributed by atoms with Crippen molar-refractivity contribution in [2.24, 2.45) is 0 Å². The van der Waals surface area contributed by atoms with Gasteiger partial charge in [-0.25, -0.2) is 0 Å². The monoisotopic (exact) mass is 401 g/mol. The van der Waals surface area contributed by atoms with Crippen molar-refractivity contribution in [1.82, 2.24) is 5.32 Å². The summed E-state index contributed by atoms with van der Waals surface area (Å²) in [6.45, 7) is 1.88. The molecule has 0 radical (unpaired) electrons. The number of nitrogens with one attached hydrogen (secondary N) is 1. The van der Waals surface area contributed by atoms with Crippen molar-refractivity contribution >= 4 is 12.0 Å². The van der Waals surface area contributed by atoms with Gasteiger partial charge in [-0.15, -0.1) is 0 Å². The summed E-state index contributed by atoms with van der Waals surface area (Å²) < 4.78 is 26.5. The minimum absolute atomic E-state index is 0.243. The molecule has 1 atom stereocenters. The fourth-order valence-corrected chi connectivity index (χ4v) is 2.79. The zero-order valence-corrected chi connectivity index (χ0v) is 17.6. The summed E-state index contributed by atoms with van der Waals surface area (Å²) in [5, 5.41) is 2.92. The van der Waals surface area contributed by atoms with Crippen LogP contribution in [0.15, 0.2) is 36.4 Å². The molecule has 0 heterocycles. The lowest BCUT2D eigenvalue weighted by molar-refractivity contribution is -0.117. The first-order valence-electron chi connectivity index (χ1n) is 8.97. The molecular weight excluding hydrogens is 374 g/mol. The molecule has 0 fully saturated rings. The Kier molecular flexibility index (Phi) is 7.77. The van der Waals surface area contributed by atoms with E-state index >= 15 is 0 Å². The average Bonchev–Trinajstić information content (AvgIpc) is 2.75. The van der Waals surface area contributed by atoms with E-state index in [9.17, 15) is 4.79 Å². The molecule has 0 aliphatic rings. The maximum Gasteiger partial charge on any atom is 0.244 e. The molecule has 1 N–H and O–H groups in total. The van der Waals surface area contributed by atoms with E-state index in [0.717, 1.165) is 11.1 Å². The third-order valence-electron chi connectivity index (χ3n) is 4.35. The average molecular weight is 401 g/mol. The maximum absolute atomic E-state index is 12.4. The van der Waals surface area contributed by atoms with Crippen LogP contribution in [0, 0.1) is 0 Å². The van der Waals surface area contributed by atoms with E-state index in [4.69, 9.17) is 23.7 Å². The molecular formula is C22H27NO6. The number of rotatable bonds is 9. The smallest absolute Gasteiger partial charge is 0.244 e. The number of carbonyl (C=O) groups excluding carboxylic acids is 1. The molecule has 1 unspecified atom stereocenters. The van der Waals surface area contributed by atoms with E-state index in [1.54, 1.807) is 47.7 Å². The molecule has 7 nitrogen and oxygen atoms in total. The zero-order chi connectivity index (χ0) is 21.4. The Morgan fingerprint density at radius 3 is 1.83 bits per heavy atom. The highest BCUT2D eigenvalue weighted by Gasteiger charge is 2.17. The van der Waals surface area contributed by atoms with Gasteiger partial charge in [0.05, 0.1) is 41.6 Å². The summed E-state index contributed by atoms with van der Waals surface area (Å²) in [5.41, 5.74) is 1.61. The molecule has 2 aromatic carbocycles. The molecule has 1 amide bonds. The fourth-order valence-electron chi connectivity index (χ4n) is 2.79. The first-order chi connectivity index (χ1) is 13.9. The molecule has 0 spiro atoms. The number of hydrogen-bond donors (Lipinski definition) is 1. The van der Waals surface area contributed by atoms with Crippen LogP contribution in [-0.4, -0.2) is 41.5 Å². The SMILES string of the molecule is COc1cc(/C=C/C(=O)NC(C)c2cc(OC)c(OC)c(OC)c2)cc(OC)c1. The normalized spacial score (nSPS) is 11.7. The number of methoxy groups -OCH3 is 5. The third kappa shape index (κ3) is 5.57. The van der Waals surface area contributed by atoms with Crippen LogP contribution in [0.5, 0.6) is 28.7 Å². The van der Waals surface area contributed by atoms with Crippen LogP contribution in [-0.2, 0) is 4.79 Å². The van der Waals surface area contributed by atoms with Crippen LogP contribution in [0.2, 0.25) is 0 Å². The second-order valence-electron chi connectivity index (χ2n) is 6.17. The van der Waals surface area contributed by atoms with Gasteiger partial charge in [0, 0.05) is 12.1 Å². The summed E-state index contributed by atoms with van der Waals surface area (Å²) in [7, 11) is 7.80. The van der Waals surface area contributed by atoms with Gasteiger partial charge in [0.25, 0.3) is 0 Å². The van der Waals surface area contributed by atoms with Crippen molar-refractivity contribution in [3.8, 4) is 28.7 Å². The Morgan fingerprint density at radius 2 is 1.38 bits per heavy atom. The first-order valence-corrected chi connectivity index (χ1v) is 8.97. The van der Waals surface area contributed by atoms with Crippen LogP contribution in [0.3, 0.4) is 0 Å². The number of ether oxygens (including phenoxy) is 5. The highest BCUT2D eigenvalue weighted by Crippen LogP contribution is 2.39. The predicted octanol–water partition coefficient (Wildman–Crippen LogP) is 3.62. The van der Waals surface area contributed by atoms with Gasteiger partial charge >= 0.3 is 0 Å². The largest absolute Gasteiger partial charge is 0.497 e. The Hall–Kier alpha value is -3.35. The van der Waals surface area contributed by atoms with Crippen LogP contribution in [0.4, 0.5) is 0 Å². The lowest BCUT2D eigenvalue weighted by atomic mass is 10.1. The van der Waals surface area contributed by atoms with Crippen molar-refractivity contribution in [2.75, 3.05) is 35.5 Å². The second kappa shape index (κ2) is 10.3. The minimum Gasteiger partial charge on any atom is -0.497 e. The van der Waals surface area contributed by atoms with Crippen molar-refractivity contribution in [3.05, 3.63) is 47.5 Å². The van der Waals surface area contributed by atoms with Gasteiger partial charge in [-0.2, -0.15) is 0 Å². The molecule has 0 aromatic heterocycles. The molecule has 0 saturated carbocycles. The van der Waals surface area contributed by atoms with Gasteiger partial charge in [0.2, 0.25) is 11.7 Å². The lowest BCUT2D eigenvalue weighted by Gasteiger charge is -2.18. The Bertz CT molecular complexity index is 830. The summed E-state index contributed by atoms with van der Waals surface area (Å²) in [6, 6.07) is 8.74. The van der Waals surface area contributed by atoms with E-state index < -0.39 is 0 Å². The van der Waals surface area contributed by atoms with Crippen LogP contribution >= 0.6 is 0 Å². The lowest BCUT2D eigenvalue weighted by Crippen LogP contribution is -2.24. The second-order valence-corrected chi connectivity index (χ2v) is 6.17. The molecule has 7 heteroatoms. The van der Waals surface area contributed by atoms with Crippen LogP contribution < -0.4 is 29.0 Å². The van der Waals surface area contributed by atoms with E-state index in [1.165, 1.54) is 6.08 Å². The fraction of sp³-hybridized carbons (Fsp3) is 0.318. The van der Waals surface area contributed by atoms with E-state index in [-0.39, 0.29) is 11.9 Å². The van der Waals surface area contributed by atoms with Crippen molar-refractivity contribution < 1.29 is 28.5 Å². The number of amides is 1. The summed E-state index contributed by atoms with van der Waals surface area (Å²) in [5.74, 6) is 2.62. The molecule has 29 heavy (non-hydrogen) atoms. The summed E-state index contributed by atoms with van der Waals surface area (Å²) in [6.07, 6.45) is 3.16. The van der Waals surface area contributed by atoms with Gasteiger partial charge in [-0.3, -0.25) is 4.79 Å². The van der Waals surface area contributed by atoms with Crippen molar-refractivity contribution in [1.29, 1.82) is 0 Å². The summed E-state index contributed by atoms with van der Waals surface area (Å²) >= 11 is 0. The number of benzene rings is 2. The van der Waals surface area contributed by atoms with Gasteiger partial charge in [-0.05, 0) is 48.4 Å². The zero-order valence-electron chi connectivity index (χ0n) is 17.6. The Balaban J connectivity index is 2.16. The van der Waals surface area contributed by atoms with E-state index in [0.29, 0.717) is 28.7 Å². The van der Waals surface area contributed by atoms with Crippen molar-refractivity contribution in [3.63, 3.8) is 0 Å². The highest BCUT2D eigenvalue weighted by atomic mass is 16.5. The topological polar surface area (TPSA) is 75.3 Å². The van der Waals surface area contributed by atoms with Gasteiger partial charge in [-0.1, -0.05) is 0 Å². The molecule has 0 aliphatic carbocycles. The minimum atomic E-state index is -0.277. The van der Waals surface area contributed by atoms with Crippen LogP contribution in [0.1, 0.15) is 24.1 Å². The molecule has 0 saturated heterocycles. The van der Waals surface area contributed by atoms with Crippen molar-refractivity contribution in [2.45, 2.75) is 13.0 Å². The van der Waals surface area contributed by atoms with Crippen LogP contribution in [0.25, 0.3) is 6.08 Å². The van der Waals surface area contributed by atoms with E-state index in [1.807, 2.05) is 31.2 Å². The van der Waals surface area contributed by atoms with Gasteiger partial charge < -0.3 is 29.0 Å². The Labute approximate surface area is 171 Å². The molecule has 2 aromatic rings. The highest BCUT2D eigenvalue weighted by molar-refractivity contribution is 5.92. The van der Waals surface area contributed by atoms with Gasteiger partial charge in [0.15, 0.2) is 11.5 Å². The third-order valence-corrected chi connectivity index (χ3v) is 4.35. The molecule has 156 valence electrons. The standard InChI is InChI=1S/C22H27NO6/c1-14(16-11-19(27-4)22(29-6)20(12-16)28-5)23-21(24)8-7-15-9-17(25-2)13-18(10-15)26-3/h7-14H,1-6H3,(H,23,24)/b8-7+. The quantitative estimate of drug-likeness (QED) is 0.647. The van der Waals surface area contributed by atoms with E-state index in [2.05, 4.69) is 5.32 Å². The Morgan fingerprint density at radius 1 is 0.828 bits per heavy atom. The predicted molar refractivity (Wildman–Crippen MR) is 111 cm³/mol. The number of carbonyl (C=O) groups is 1. The first kappa shape index (κ1) is 21.9. The van der Waals surface area contributed by atoms with Gasteiger partial charge in [0.1, 0.15) is 11.5 Å². The molecule has 2 rings (SSSR count). The summed E-state index contributed by atoms with van der Waals surface area (Å²) in [4.78, 5) is 12.4.